The average Bonchev–Trinajstić information content (AvgIpc) is 2.66. The molecule has 0 spiro atoms. The van der Waals surface area contributed by atoms with E-state index < -0.39 is 29.2 Å². The molecule has 0 amide bonds. The van der Waals surface area contributed by atoms with E-state index in [-0.39, 0.29) is 29.2 Å². The van der Waals surface area contributed by atoms with Crippen LogP contribution in [0.2, 0.25) is 5.28 Å². The zero-order valence-corrected chi connectivity index (χ0v) is 16.7. The summed E-state index contributed by atoms with van der Waals surface area (Å²) in [5, 5.41) is 12.6. The van der Waals surface area contributed by atoms with E-state index >= 15 is 0 Å². The highest BCUT2D eigenvalue weighted by Gasteiger charge is 2.30. The number of rotatable bonds is 6. The van der Waals surface area contributed by atoms with Crippen LogP contribution in [0.25, 0.3) is 0 Å². The molecular weight excluding hydrogens is 411 g/mol. The van der Waals surface area contributed by atoms with E-state index in [2.05, 4.69) is 20.3 Å². The van der Waals surface area contributed by atoms with Gasteiger partial charge in [0, 0.05) is 32.8 Å². The van der Waals surface area contributed by atoms with Gasteiger partial charge in [0.25, 0.3) is 0 Å². The van der Waals surface area contributed by atoms with Gasteiger partial charge in [0.1, 0.15) is 23.4 Å². The third kappa shape index (κ3) is 5.06. The van der Waals surface area contributed by atoms with Crippen LogP contribution in [0.5, 0.6) is 0 Å². The topological polar surface area (TPSA) is 83.4 Å². The van der Waals surface area contributed by atoms with Crippen molar-refractivity contribution in [3.63, 3.8) is 0 Å². The van der Waals surface area contributed by atoms with Crippen molar-refractivity contribution in [2.24, 2.45) is 0 Å². The standard InChI is InChI=1S/C18H21ClF3N5O2/c1-18(28)3-5-27(6-4-18)16-13(22)15(25-17(19)26-16)24-9-12(29-2)14-11(21)7-10(20)8-23-14/h7-8,12,28H,3-6,9H2,1-2H3,(H,24,25,26). The number of halogens is 4. The molecule has 0 aromatic carbocycles. The lowest BCUT2D eigenvalue weighted by molar-refractivity contribution is 0.0349. The highest BCUT2D eigenvalue weighted by atomic mass is 35.5. The van der Waals surface area contributed by atoms with Crippen LogP contribution in [0.1, 0.15) is 31.6 Å². The fourth-order valence-electron chi connectivity index (χ4n) is 3.08. The first-order valence-corrected chi connectivity index (χ1v) is 9.36. The van der Waals surface area contributed by atoms with E-state index in [1.807, 2.05) is 0 Å². The summed E-state index contributed by atoms with van der Waals surface area (Å²) in [6.45, 7) is 2.45. The maximum Gasteiger partial charge on any atom is 0.226 e. The predicted octanol–water partition coefficient (Wildman–Crippen LogP) is 3.09. The highest BCUT2D eigenvalue weighted by molar-refractivity contribution is 6.28. The number of nitrogens with one attached hydrogen (secondary N) is 1. The first-order valence-electron chi connectivity index (χ1n) is 8.98. The number of hydrogen-bond donors (Lipinski definition) is 2. The molecular formula is C18H21ClF3N5O2. The van der Waals surface area contributed by atoms with Gasteiger partial charge in [-0.2, -0.15) is 14.4 Å². The van der Waals surface area contributed by atoms with Crippen LogP contribution in [-0.2, 0) is 4.74 Å². The molecule has 3 heterocycles. The monoisotopic (exact) mass is 431 g/mol. The van der Waals surface area contributed by atoms with Gasteiger partial charge in [-0.3, -0.25) is 4.98 Å². The Balaban J connectivity index is 1.78. The van der Waals surface area contributed by atoms with Gasteiger partial charge in [0.05, 0.1) is 11.8 Å². The molecule has 1 fully saturated rings. The van der Waals surface area contributed by atoms with E-state index in [4.69, 9.17) is 16.3 Å². The Bertz CT molecular complexity index is 877. The minimum absolute atomic E-state index is 0.0167. The molecule has 158 valence electrons. The van der Waals surface area contributed by atoms with Crippen LogP contribution in [0.15, 0.2) is 12.3 Å². The van der Waals surface area contributed by atoms with Crippen LogP contribution in [0.4, 0.5) is 24.8 Å². The first kappa shape index (κ1) is 21.5. The predicted molar refractivity (Wildman–Crippen MR) is 101 cm³/mol. The summed E-state index contributed by atoms with van der Waals surface area (Å²) in [5.41, 5.74) is -0.927. The zero-order chi connectivity index (χ0) is 21.2. The van der Waals surface area contributed by atoms with Gasteiger partial charge >= 0.3 is 0 Å². The van der Waals surface area contributed by atoms with Gasteiger partial charge < -0.3 is 20.1 Å². The third-order valence-corrected chi connectivity index (χ3v) is 5.00. The fourth-order valence-corrected chi connectivity index (χ4v) is 3.24. The van der Waals surface area contributed by atoms with Gasteiger partial charge in [0.2, 0.25) is 11.1 Å². The van der Waals surface area contributed by atoms with E-state index in [1.165, 1.54) is 7.11 Å². The van der Waals surface area contributed by atoms with Crippen LogP contribution in [0, 0.1) is 17.5 Å². The smallest absolute Gasteiger partial charge is 0.226 e. The maximum absolute atomic E-state index is 15.0. The molecule has 0 saturated carbocycles. The molecule has 3 rings (SSSR count). The second-order valence-electron chi connectivity index (χ2n) is 7.09. The van der Waals surface area contributed by atoms with Crippen molar-refractivity contribution in [1.29, 1.82) is 0 Å². The Morgan fingerprint density at radius 3 is 2.62 bits per heavy atom. The Morgan fingerprint density at radius 1 is 1.31 bits per heavy atom. The largest absolute Gasteiger partial charge is 0.390 e. The molecule has 29 heavy (non-hydrogen) atoms. The number of anilines is 2. The number of aromatic nitrogens is 3. The van der Waals surface area contributed by atoms with Crippen molar-refractivity contribution in [1.82, 2.24) is 15.0 Å². The van der Waals surface area contributed by atoms with Crippen LogP contribution in [-0.4, -0.2) is 52.4 Å². The summed E-state index contributed by atoms with van der Waals surface area (Å²) < 4.78 is 47.2. The fraction of sp³-hybridized carbons (Fsp3) is 0.500. The number of ether oxygens (including phenoxy) is 1. The van der Waals surface area contributed by atoms with Gasteiger partial charge in [-0.15, -0.1) is 0 Å². The van der Waals surface area contributed by atoms with Gasteiger partial charge in [-0.05, 0) is 31.4 Å². The Kier molecular flexibility index (Phi) is 6.45. The molecule has 1 aliphatic heterocycles. The lowest BCUT2D eigenvalue weighted by atomic mass is 9.94. The number of hydrogen-bond acceptors (Lipinski definition) is 7. The molecule has 1 saturated heterocycles. The van der Waals surface area contributed by atoms with Crippen molar-refractivity contribution in [3.05, 3.63) is 40.7 Å². The molecule has 0 aliphatic carbocycles. The number of piperidine rings is 1. The summed E-state index contributed by atoms with van der Waals surface area (Å²) >= 11 is 5.96. The van der Waals surface area contributed by atoms with Crippen molar-refractivity contribution < 1.29 is 23.0 Å². The number of methoxy groups -OCH3 is 1. The minimum Gasteiger partial charge on any atom is -0.390 e. The summed E-state index contributed by atoms with van der Waals surface area (Å²) in [6.07, 6.45) is 0.865. The molecule has 2 aromatic heterocycles. The lowest BCUT2D eigenvalue weighted by Gasteiger charge is -2.36. The average molecular weight is 432 g/mol. The van der Waals surface area contributed by atoms with Crippen LogP contribution in [0.3, 0.4) is 0 Å². The summed E-state index contributed by atoms with van der Waals surface area (Å²) in [5.74, 6) is -2.57. The molecule has 0 bridgehead atoms. The molecule has 1 unspecified atom stereocenters. The van der Waals surface area contributed by atoms with E-state index in [9.17, 15) is 18.3 Å². The second-order valence-corrected chi connectivity index (χ2v) is 7.43. The van der Waals surface area contributed by atoms with Crippen molar-refractivity contribution in [3.8, 4) is 0 Å². The number of nitrogens with zero attached hydrogens (tertiary/aromatic N) is 4. The lowest BCUT2D eigenvalue weighted by Crippen LogP contribution is -2.43. The van der Waals surface area contributed by atoms with Crippen LogP contribution < -0.4 is 10.2 Å². The molecule has 2 aromatic rings. The second kappa shape index (κ2) is 8.68. The summed E-state index contributed by atoms with van der Waals surface area (Å²) in [6, 6.07) is 0.694. The molecule has 2 N–H and O–H groups in total. The van der Waals surface area contributed by atoms with Gasteiger partial charge in [0.15, 0.2) is 11.6 Å². The third-order valence-electron chi connectivity index (χ3n) is 4.83. The molecule has 0 radical (unpaired) electrons. The SMILES string of the molecule is COC(CNc1nc(Cl)nc(N2CCC(C)(O)CC2)c1F)c1ncc(F)cc1F. The molecule has 1 atom stereocenters. The summed E-state index contributed by atoms with van der Waals surface area (Å²) in [7, 11) is 1.32. The van der Waals surface area contributed by atoms with Crippen LogP contribution >= 0.6 is 11.6 Å². The Labute approximate surface area is 170 Å². The van der Waals surface area contributed by atoms with Crippen molar-refractivity contribution in [2.75, 3.05) is 37.0 Å². The highest BCUT2D eigenvalue weighted by Crippen LogP contribution is 2.30. The van der Waals surface area contributed by atoms with E-state index in [0.717, 1.165) is 6.20 Å². The summed E-state index contributed by atoms with van der Waals surface area (Å²) in [4.78, 5) is 13.2. The van der Waals surface area contributed by atoms with E-state index in [1.54, 1.807) is 11.8 Å². The van der Waals surface area contributed by atoms with Gasteiger partial charge in [-0.25, -0.2) is 8.78 Å². The Hall–Kier alpha value is -2.17. The molecule has 7 nitrogen and oxygen atoms in total. The number of aliphatic hydroxyl groups is 1. The molecule has 11 heteroatoms. The van der Waals surface area contributed by atoms with Crippen molar-refractivity contribution in [2.45, 2.75) is 31.5 Å². The minimum atomic E-state index is -0.919. The zero-order valence-electron chi connectivity index (χ0n) is 15.9. The van der Waals surface area contributed by atoms with E-state index in [0.29, 0.717) is 32.0 Å². The van der Waals surface area contributed by atoms with Crippen molar-refractivity contribution >= 4 is 23.2 Å². The first-order chi connectivity index (χ1) is 13.7. The Morgan fingerprint density at radius 2 is 2.00 bits per heavy atom. The number of pyridine rings is 1. The maximum atomic E-state index is 15.0. The normalized spacial score (nSPS) is 17.3. The quantitative estimate of drug-likeness (QED) is 0.680. The molecule has 1 aliphatic rings. The van der Waals surface area contributed by atoms with Gasteiger partial charge in [-0.1, -0.05) is 0 Å².